The molecule has 4 rings (SSSR count). The Bertz CT molecular complexity index is 1000. The van der Waals surface area contributed by atoms with Gasteiger partial charge in [-0.05, 0) is 41.0 Å². The molecule has 0 saturated carbocycles. The predicted molar refractivity (Wildman–Crippen MR) is 96.0 cm³/mol. The van der Waals surface area contributed by atoms with E-state index in [9.17, 15) is 4.79 Å². The molecule has 116 valence electrons. The summed E-state index contributed by atoms with van der Waals surface area (Å²) in [6.45, 7) is 0. The highest BCUT2D eigenvalue weighted by atomic mass is 16.1. The highest BCUT2D eigenvalue weighted by Gasteiger charge is 2.10. The third kappa shape index (κ3) is 2.72. The second kappa shape index (κ2) is 6.13. The number of Topliss-reactive ketones (excluding diaryl/α,β-unsaturated/α-hetero) is 1. The molecule has 0 fully saturated rings. The summed E-state index contributed by atoms with van der Waals surface area (Å²) < 4.78 is 0. The van der Waals surface area contributed by atoms with Gasteiger partial charge >= 0.3 is 0 Å². The number of H-pyrrole nitrogens is 1. The summed E-state index contributed by atoms with van der Waals surface area (Å²) in [7, 11) is 0. The highest BCUT2D eigenvalue weighted by molar-refractivity contribution is 5.97. The van der Waals surface area contributed by atoms with Crippen LogP contribution < -0.4 is 0 Å². The summed E-state index contributed by atoms with van der Waals surface area (Å²) in [5.74, 6) is 0.0348. The lowest BCUT2D eigenvalue weighted by atomic mass is 9.98. The first-order valence-electron chi connectivity index (χ1n) is 7.91. The minimum Gasteiger partial charge on any atom is -0.361 e. The second-order valence-corrected chi connectivity index (χ2v) is 5.76. The standard InChI is InChI=1S/C21H16N2O/c24-21(20-8-1-2-11-22-20)14-15-5-3-6-16(13-15)17-7-4-9-19-18(17)10-12-23-19/h1-13,23H,14H2. The Balaban J connectivity index is 1.67. The Hall–Kier alpha value is -3.20. The van der Waals surface area contributed by atoms with Crippen LogP contribution in [-0.2, 0) is 6.42 Å². The van der Waals surface area contributed by atoms with E-state index < -0.39 is 0 Å². The van der Waals surface area contributed by atoms with Crippen LogP contribution in [0.15, 0.2) is 79.1 Å². The topological polar surface area (TPSA) is 45.8 Å². The first kappa shape index (κ1) is 14.4. The van der Waals surface area contributed by atoms with Crippen LogP contribution in [-0.4, -0.2) is 15.8 Å². The van der Waals surface area contributed by atoms with Crippen LogP contribution in [0.25, 0.3) is 22.0 Å². The van der Waals surface area contributed by atoms with Gasteiger partial charge < -0.3 is 4.98 Å². The number of aromatic nitrogens is 2. The van der Waals surface area contributed by atoms with Crippen molar-refractivity contribution in [1.29, 1.82) is 0 Å². The maximum Gasteiger partial charge on any atom is 0.185 e. The first-order valence-corrected chi connectivity index (χ1v) is 7.91. The van der Waals surface area contributed by atoms with E-state index in [2.05, 4.69) is 40.3 Å². The van der Waals surface area contributed by atoms with E-state index in [0.29, 0.717) is 12.1 Å². The molecular formula is C21H16N2O. The largest absolute Gasteiger partial charge is 0.361 e. The average molecular weight is 312 g/mol. The number of carbonyl (C=O) groups excluding carboxylic acids is 1. The molecule has 24 heavy (non-hydrogen) atoms. The SMILES string of the molecule is O=C(Cc1cccc(-c2cccc3[nH]ccc23)c1)c1ccccn1. The van der Waals surface area contributed by atoms with Gasteiger partial charge in [-0.3, -0.25) is 9.78 Å². The predicted octanol–water partition coefficient (Wildman–Crippen LogP) is 4.66. The molecular weight excluding hydrogens is 296 g/mol. The maximum atomic E-state index is 12.4. The zero-order valence-electron chi connectivity index (χ0n) is 13.1. The molecule has 2 heterocycles. The average Bonchev–Trinajstić information content (AvgIpc) is 3.11. The molecule has 2 aromatic carbocycles. The van der Waals surface area contributed by atoms with Crippen molar-refractivity contribution in [3.05, 3.63) is 90.4 Å². The molecule has 0 atom stereocenters. The molecule has 0 bridgehead atoms. The Labute approximate surface area is 140 Å². The monoisotopic (exact) mass is 312 g/mol. The number of ketones is 1. The summed E-state index contributed by atoms with van der Waals surface area (Å²) in [6, 6.07) is 21.9. The molecule has 0 aliphatic heterocycles. The van der Waals surface area contributed by atoms with E-state index in [4.69, 9.17) is 0 Å². The molecule has 0 radical (unpaired) electrons. The van der Waals surface area contributed by atoms with Gasteiger partial charge in [-0.1, -0.05) is 42.5 Å². The zero-order chi connectivity index (χ0) is 16.4. The van der Waals surface area contributed by atoms with Crippen LogP contribution in [0, 0.1) is 0 Å². The number of aromatic amines is 1. The van der Waals surface area contributed by atoms with E-state index in [1.807, 2.05) is 36.5 Å². The van der Waals surface area contributed by atoms with Gasteiger partial charge in [0.1, 0.15) is 5.69 Å². The number of fused-ring (bicyclic) bond motifs is 1. The van der Waals surface area contributed by atoms with E-state index in [-0.39, 0.29) is 5.78 Å². The fourth-order valence-corrected chi connectivity index (χ4v) is 2.99. The van der Waals surface area contributed by atoms with E-state index in [1.54, 1.807) is 12.3 Å². The normalized spacial score (nSPS) is 10.8. The van der Waals surface area contributed by atoms with Gasteiger partial charge in [0, 0.05) is 29.7 Å². The van der Waals surface area contributed by atoms with Crippen LogP contribution in [0.2, 0.25) is 0 Å². The van der Waals surface area contributed by atoms with Gasteiger partial charge in [-0.25, -0.2) is 0 Å². The number of carbonyl (C=O) groups is 1. The third-order valence-electron chi connectivity index (χ3n) is 4.15. The lowest BCUT2D eigenvalue weighted by molar-refractivity contribution is 0.0988. The Morgan fingerprint density at radius 2 is 1.88 bits per heavy atom. The zero-order valence-corrected chi connectivity index (χ0v) is 13.1. The minimum atomic E-state index is 0.0348. The summed E-state index contributed by atoms with van der Waals surface area (Å²) >= 11 is 0. The number of hydrogen-bond donors (Lipinski definition) is 1. The molecule has 0 aliphatic rings. The van der Waals surface area contributed by atoms with E-state index in [0.717, 1.165) is 16.6 Å². The molecule has 0 saturated heterocycles. The van der Waals surface area contributed by atoms with Crippen molar-refractivity contribution in [1.82, 2.24) is 9.97 Å². The third-order valence-corrected chi connectivity index (χ3v) is 4.15. The summed E-state index contributed by atoms with van der Waals surface area (Å²) in [5, 5.41) is 1.19. The van der Waals surface area contributed by atoms with Gasteiger partial charge in [-0.15, -0.1) is 0 Å². The Morgan fingerprint density at radius 1 is 0.958 bits per heavy atom. The first-order chi connectivity index (χ1) is 11.8. The Morgan fingerprint density at radius 3 is 2.75 bits per heavy atom. The van der Waals surface area contributed by atoms with Gasteiger partial charge in [0.05, 0.1) is 0 Å². The quantitative estimate of drug-likeness (QED) is 0.557. The number of rotatable bonds is 4. The number of pyridine rings is 1. The van der Waals surface area contributed by atoms with Gasteiger partial charge in [0.2, 0.25) is 0 Å². The van der Waals surface area contributed by atoms with Crippen molar-refractivity contribution in [2.75, 3.05) is 0 Å². The van der Waals surface area contributed by atoms with Crippen LogP contribution in [0.1, 0.15) is 16.1 Å². The van der Waals surface area contributed by atoms with Crippen molar-refractivity contribution >= 4 is 16.7 Å². The molecule has 2 aromatic heterocycles. The molecule has 0 amide bonds. The minimum absolute atomic E-state index is 0.0348. The lowest BCUT2D eigenvalue weighted by Crippen LogP contribution is -2.05. The lowest BCUT2D eigenvalue weighted by Gasteiger charge is -2.07. The molecule has 3 nitrogen and oxygen atoms in total. The maximum absolute atomic E-state index is 12.4. The van der Waals surface area contributed by atoms with Crippen molar-refractivity contribution in [2.45, 2.75) is 6.42 Å². The molecule has 3 heteroatoms. The number of benzene rings is 2. The van der Waals surface area contributed by atoms with Crippen LogP contribution in [0.5, 0.6) is 0 Å². The summed E-state index contributed by atoms with van der Waals surface area (Å²) in [6.07, 6.45) is 3.95. The molecule has 0 spiro atoms. The van der Waals surface area contributed by atoms with E-state index in [1.165, 1.54) is 10.9 Å². The Kier molecular flexibility index (Phi) is 3.67. The second-order valence-electron chi connectivity index (χ2n) is 5.76. The number of nitrogens with one attached hydrogen (secondary N) is 1. The molecule has 1 N–H and O–H groups in total. The fourth-order valence-electron chi connectivity index (χ4n) is 2.99. The van der Waals surface area contributed by atoms with E-state index >= 15 is 0 Å². The van der Waals surface area contributed by atoms with Crippen LogP contribution in [0.3, 0.4) is 0 Å². The van der Waals surface area contributed by atoms with Crippen LogP contribution in [0.4, 0.5) is 0 Å². The van der Waals surface area contributed by atoms with Gasteiger partial charge in [0.25, 0.3) is 0 Å². The summed E-state index contributed by atoms with van der Waals surface area (Å²) in [5.41, 5.74) is 4.90. The van der Waals surface area contributed by atoms with Crippen molar-refractivity contribution in [3.8, 4) is 11.1 Å². The van der Waals surface area contributed by atoms with Crippen molar-refractivity contribution in [2.24, 2.45) is 0 Å². The molecule has 0 unspecified atom stereocenters. The van der Waals surface area contributed by atoms with Crippen molar-refractivity contribution < 1.29 is 4.79 Å². The number of hydrogen-bond acceptors (Lipinski definition) is 2. The highest BCUT2D eigenvalue weighted by Crippen LogP contribution is 2.28. The van der Waals surface area contributed by atoms with Crippen molar-refractivity contribution in [3.63, 3.8) is 0 Å². The molecule has 4 aromatic rings. The smallest absolute Gasteiger partial charge is 0.185 e. The summed E-state index contributed by atoms with van der Waals surface area (Å²) in [4.78, 5) is 19.7. The van der Waals surface area contributed by atoms with Crippen LogP contribution >= 0.6 is 0 Å². The van der Waals surface area contributed by atoms with Gasteiger partial charge in [-0.2, -0.15) is 0 Å². The fraction of sp³-hybridized carbons (Fsp3) is 0.0476. The number of nitrogens with zero attached hydrogens (tertiary/aromatic N) is 1. The molecule has 0 aliphatic carbocycles. The van der Waals surface area contributed by atoms with Gasteiger partial charge in [0.15, 0.2) is 5.78 Å².